The average molecular weight is 332 g/mol. The first-order chi connectivity index (χ1) is 11.1. The number of aromatic hydroxyl groups is 1. The Hall–Kier alpha value is -2.86. The summed E-state index contributed by atoms with van der Waals surface area (Å²) < 4.78 is 0. The smallest absolute Gasteiger partial charge is 0.259 e. The van der Waals surface area contributed by atoms with Crippen molar-refractivity contribution in [2.75, 3.05) is 6.54 Å². The lowest BCUT2D eigenvalue weighted by Crippen LogP contribution is -2.35. The van der Waals surface area contributed by atoms with Gasteiger partial charge in [-0.05, 0) is 24.3 Å². The van der Waals surface area contributed by atoms with Crippen molar-refractivity contribution in [1.82, 2.24) is 10.7 Å². The number of nitrogens with one attached hydrogen (secondary N) is 2. The fourth-order valence-electron chi connectivity index (χ4n) is 1.71. The number of carbonyl (C=O) groups is 2. The largest absolute Gasteiger partial charge is 0.507 e. The highest BCUT2D eigenvalue weighted by Crippen LogP contribution is 2.14. The van der Waals surface area contributed by atoms with Gasteiger partial charge in [0.25, 0.3) is 11.8 Å². The molecule has 0 aromatic heterocycles. The van der Waals surface area contributed by atoms with Crippen LogP contribution >= 0.6 is 11.6 Å². The lowest BCUT2D eigenvalue weighted by Gasteiger charge is -2.05. The Labute approximate surface area is 137 Å². The maximum Gasteiger partial charge on any atom is 0.259 e. The molecule has 0 aliphatic carbocycles. The standard InChI is InChI=1S/C16H14ClN3O3/c17-13-7-3-2-6-12(13)16(23)18-10-15(22)20-19-9-11-5-1-4-8-14(11)21/h1-9,21H,10H2,(H,18,23)(H,20,22)/b19-9-. The molecule has 0 aliphatic rings. The third-order valence-electron chi connectivity index (χ3n) is 2.86. The van der Waals surface area contributed by atoms with Gasteiger partial charge in [-0.3, -0.25) is 9.59 Å². The number of benzene rings is 2. The molecule has 0 spiro atoms. The van der Waals surface area contributed by atoms with Crippen LogP contribution in [0, 0.1) is 0 Å². The number of para-hydroxylation sites is 1. The molecule has 23 heavy (non-hydrogen) atoms. The number of halogens is 1. The molecule has 0 aliphatic heterocycles. The number of hydrogen-bond donors (Lipinski definition) is 3. The number of rotatable bonds is 5. The molecule has 6 nitrogen and oxygen atoms in total. The summed E-state index contributed by atoms with van der Waals surface area (Å²) in [6, 6.07) is 13.1. The van der Waals surface area contributed by atoms with Crippen LogP contribution in [0.5, 0.6) is 5.75 Å². The Morgan fingerprint density at radius 1 is 1.13 bits per heavy atom. The van der Waals surface area contributed by atoms with Crippen molar-refractivity contribution >= 4 is 29.6 Å². The van der Waals surface area contributed by atoms with E-state index in [4.69, 9.17) is 11.6 Å². The predicted octanol–water partition coefficient (Wildman–Crippen LogP) is 1.93. The fourth-order valence-corrected chi connectivity index (χ4v) is 1.93. The first kappa shape index (κ1) is 16.5. The zero-order valence-electron chi connectivity index (χ0n) is 12.0. The van der Waals surface area contributed by atoms with Crippen LogP contribution in [0.4, 0.5) is 0 Å². The summed E-state index contributed by atoms with van der Waals surface area (Å²) in [6.45, 7) is -0.248. The minimum absolute atomic E-state index is 0.0533. The number of phenolic OH excluding ortho intramolecular Hbond substituents is 1. The van der Waals surface area contributed by atoms with Gasteiger partial charge in [-0.2, -0.15) is 5.10 Å². The Bertz CT molecular complexity index is 747. The second kappa shape index (κ2) is 7.95. The summed E-state index contributed by atoms with van der Waals surface area (Å²) in [6.07, 6.45) is 1.31. The van der Waals surface area contributed by atoms with Crippen LogP contribution in [-0.2, 0) is 4.79 Å². The fraction of sp³-hybridized carbons (Fsp3) is 0.0625. The second-order valence-electron chi connectivity index (χ2n) is 4.51. The zero-order chi connectivity index (χ0) is 16.7. The van der Waals surface area contributed by atoms with Gasteiger partial charge < -0.3 is 10.4 Å². The van der Waals surface area contributed by atoms with Crippen molar-refractivity contribution in [3.8, 4) is 5.75 Å². The van der Waals surface area contributed by atoms with Crippen LogP contribution in [-0.4, -0.2) is 29.7 Å². The van der Waals surface area contributed by atoms with E-state index in [1.54, 1.807) is 42.5 Å². The summed E-state index contributed by atoms with van der Waals surface area (Å²) in [4.78, 5) is 23.5. The molecule has 0 fully saturated rings. The van der Waals surface area contributed by atoms with Gasteiger partial charge in [0.1, 0.15) is 5.75 Å². The van der Waals surface area contributed by atoms with Crippen molar-refractivity contribution in [1.29, 1.82) is 0 Å². The number of nitrogens with zero attached hydrogens (tertiary/aromatic N) is 1. The number of amides is 2. The minimum atomic E-state index is -0.503. The Morgan fingerprint density at radius 3 is 2.57 bits per heavy atom. The molecule has 118 valence electrons. The van der Waals surface area contributed by atoms with Crippen LogP contribution in [0.15, 0.2) is 53.6 Å². The van der Waals surface area contributed by atoms with E-state index >= 15 is 0 Å². The van der Waals surface area contributed by atoms with E-state index in [9.17, 15) is 14.7 Å². The van der Waals surface area contributed by atoms with E-state index in [0.717, 1.165) is 0 Å². The van der Waals surface area contributed by atoms with E-state index in [2.05, 4.69) is 15.8 Å². The van der Waals surface area contributed by atoms with Gasteiger partial charge in [-0.25, -0.2) is 5.43 Å². The Kier molecular flexibility index (Phi) is 5.71. The van der Waals surface area contributed by atoms with Crippen LogP contribution in [0.1, 0.15) is 15.9 Å². The van der Waals surface area contributed by atoms with Crippen LogP contribution in [0.3, 0.4) is 0 Å². The van der Waals surface area contributed by atoms with Crippen molar-refractivity contribution in [2.24, 2.45) is 5.10 Å². The normalized spacial score (nSPS) is 10.5. The Balaban J connectivity index is 1.83. The molecule has 0 radical (unpaired) electrons. The molecule has 0 bridgehead atoms. The van der Waals surface area contributed by atoms with Gasteiger partial charge in [-0.15, -0.1) is 0 Å². The van der Waals surface area contributed by atoms with Crippen LogP contribution in [0.25, 0.3) is 0 Å². The van der Waals surface area contributed by atoms with Gasteiger partial charge in [0.15, 0.2) is 0 Å². The van der Waals surface area contributed by atoms with Crippen LogP contribution in [0.2, 0.25) is 5.02 Å². The molecule has 0 saturated carbocycles. The van der Waals surface area contributed by atoms with E-state index in [-0.39, 0.29) is 12.3 Å². The molecule has 0 unspecified atom stereocenters. The zero-order valence-corrected chi connectivity index (χ0v) is 12.7. The molecule has 2 aromatic rings. The highest BCUT2D eigenvalue weighted by Gasteiger charge is 2.10. The Morgan fingerprint density at radius 2 is 1.83 bits per heavy atom. The van der Waals surface area contributed by atoms with Gasteiger partial charge in [-0.1, -0.05) is 35.9 Å². The van der Waals surface area contributed by atoms with E-state index in [1.165, 1.54) is 12.3 Å². The molecule has 2 aromatic carbocycles. The highest BCUT2D eigenvalue weighted by molar-refractivity contribution is 6.33. The van der Waals surface area contributed by atoms with Gasteiger partial charge in [0.2, 0.25) is 0 Å². The van der Waals surface area contributed by atoms with Crippen molar-refractivity contribution < 1.29 is 14.7 Å². The van der Waals surface area contributed by atoms with E-state index in [1.807, 2.05) is 0 Å². The molecule has 7 heteroatoms. The first-order valence-electron chi connectivity index (χ1n) is 6.70. The number of hydrogen-bond acceptors (Lipinski definition) is 4. The lowest BCUT2D eigenvalue weighted by molar-refractivity contribution is -0.120. The molecule has 0 heterocycles. The van der Waals surface area contributed by atoms with Gasteiger partial charge in [0, 0.05) is 5.56 Å². The third-order valence-corrected chi connectivity index (χ3v) is 3.19. The quantitative estimate of drug-likeness (QED) is 0.577. The van der Waals surface area contributed by atoms with Crippen molar-refractivity contribution in [2.45, 2.75) is 0 Å². The third kappa shape index (κ3) is 4.82. The summed E-state index contributed by atoms with van der Waals surface area (Å²) in [7, 11) is 0. The van der Waals surface area contributed by atoms with Crippen LogP contribution < -0.4 is 10.7 Å². The van der Waals surface area contributed by atoms with Gasteiger partial charge >= 0.3 is 0 Å². The predicted molar refractivity (Wildman–Crippen MR) is 87.6 cm³/mol. The molecule has 0 saturated heterocycles. The minimum Gasteiger partial charge on any atom is -0.507 e. The summed E-state index contributed by atoms with van der Waals surface area (Å²) in [5.41, 5.74) is 3.01. The second-order valence-corrected chi connectivity index (χ2v) is 4.92. The topological polar surface area (TPSA) is 90.8 Å². The monoisotopic (exact) mass is 331 g/mol. The van der Waals surface area contributed by atoms with Crippen molar-refractivity contribution in [3.05, 3.63) is 64.7 Å². The SMILES string of the molecule is O=C(CNC(=O)c1ccccc1Cl)N/N=C\c1ccccc1O. The molecule has 3 N–H and O–H groups in total. The summed E-state index contributed by atoms with van der Waals surface area (Å²) >= 11 is 5.89. The molecule has 2 amide bonds. The first-order valence-corrected chi connectivity index (χ1v) is 7.08. The highest BCUT2D eigenvalue weighted by atomic mass is 35.5. The summed E-state index contributed by atoms with van der Waals surface area (Å²) in [5, 5.41) is 16.0. The molecular weight excluding hydrogens is 318 g/mol. The van der Waals surface area contributed by atoms with E-state index < -0.39 is 11.8 Å². The average Bonchev–Trinajstić information content (AvgIpc) is 2.55. The molecule has 2 rings (SSSR count). The molecular formula is C16H14ClN3O3. The maximum atomic E-state index is 11.9. The van der Waals surface area contributed by atoms with Gasteiger partial charge in [0.05, 0.1) is 23.3 Å². The number of hydrazone groups is 1. The number of carbonyl (C=O) groups excluding carboxylic acids is 2. The van der Waals surface area contributed by atoms with Crippen molar-refractivity contribution in [3.63, 3.8) is 0 Å². The van der Waals surface area contributed by atoms with E-state index in [0.29, 0.717) is 16.1 Å². The molecule has 0 atom stereocenters. The maximum absolute atomic E-state index is 11.9. The number of phenols is 1. The lowest BCUT2D eigenvalue weighted by atomic mass is 10.2. The summed E-state index contributed by atoms with van der Waals surface area (Å²) in [5.74, 6) is -0.898.